The second-order valence-corrected chi connectivity index (χ2v) is 8.66. The van der Waals surface area contributed by atoms with Crippen LogP contribution in [-0.2, 0) is 0 Å². The number of aromatic nitrogens is 4. The third-order valence-electron chi connectivity index (χ3n) is 6.08. The van der Waals surface area contributed by atoms with Gasteiger partial charge >= 0.3 is 0 Å². The lowest BCUT2D eigenvalue weighted by Gasteiger charge is -2.43. The summed E-state index contributed by atoms with van der Waals surface area (Å²) in [4.78, 5) is 11.4. The average molecular weight is 422 g/mol. The van der Waals surface area contributed by atoms with Crippen LogP contribution >= 0.6 is 0 Å². The van der Waals surface area contributed by atoms with Crippen LogP contribution in [0.3, 0.4) is 0 Å². The first-order valence-electron chi connectivity index (χ1n) is 10.8. The fourth-order valence-electron chi connectivity index (χ4n) is 3.79. The minimum atomic E-state index is -0.794. The predicted molar refractivity (Wildman–Crippen MR) is 123 cm³/mol. The second-order valence-electron chi connectivity index (χ2n) is 8.66. The molecule has 2 unspecified atom stereocenters. The maximum atomic E-state index is 10.9. The summed E-state index contributed by atoms with van der Waals surface area (Å²) < 4.78 is 1.74. The third kappa shape index (κ3) is 4.70. The van der Waals surface area contributed by atoms with E-state index >= 15 is 0 Å². The van der Waals surface area contributed by atoms with Gasteiger partial charge in [0, 0.05) is 37.1 Å². The van der Waals surface area contributed by atoms with Crippen molar-refractivity contribution in [1.29, 1.82) is 0 Å². The van der Waals surface area contributed by atoms with Gasteiger partial charge in [-0.3, -0.25) is 0 Å². The molecule has 3 N–H and O–H groups in total. The second kappa shape index (κ2) is 8.64. The summed E-state index contributed by atoms with van der Waals surface area (Å²) in [5.41, 5.74) is 1.96. The number of anilines is 3. The minimum Gasteiger partial charge on any atom is -0.388 e. The lowest BCUT2D eigenvalue weighted by molar-refractivity contribution is -0.0231. The highest BCUT2D eigenvalue weighted by molar-refractivity contribution is 5.60. The van der Waals surface area contributed by atoms with E-state index in [2.05, 4.69) is 39.5 Å². The summed E-state index contributed by atoms with van der Waals surface area (Å²) in [6.45, 7) is 10.3. The van der Waals surface area contributed by atoms with Gasteiger partial charge in [-0.1, -0.05) is 32.0 Å². The third-order valence-corrected chi connectivity index (χ3v) is 6.08. The van der Waals surface area contributed by atoms with Crippen LogP contribution < -0.4 is 15.5 Å². The van der Waals surface area contributed by atoms with Gasteiger partial charge in [-0.15, -0.1) is 5.10 Å². The van der Waals surface area contributed by atoms with Crippen LogP contribution in [0.25, 0.3) is 5.69 Å². The van der Waals surface area contributed by atoms with E-state index in [1.165, 1.54) is 0 Å². The number of rotatable bonds is 6. The number of aliphatic hydroxyl groups is 1. The van der Waals surface area contributed by atoms with Crippen molar-refractivity contribution >= 4 is 17.5 Å². The number of aryl methyl sites for hydroxylation is 1. The smallest absolute Gasteiger partial charge is 0.246 e. The molecule has 3 aromatic rings. The van der Waals surface area contributed by atoms with Gasteiger partial charge in [-0.05, 0) is 38.0 Å². The summed E-state index contributed by atoms with van der Waals surface area (Å²) in [6.07, 6.45) is 1.70. The number of nitrogens with zero attached hydrogens (tertiary/aromatic N) is 5. The van der Waals surface area contributed by atoms with Crippen molar-refractivity contribution in [3.8, 4) is 5.69 Å². The molecule has 0 amide bonds. The van der Waals surface area contributed by atoms with Gasteiger partial charge in [0.2, 0.25) is 5.95 Å². The molecule has 31 heavy (non-hydrogen) atoms. The van der Waals surface area contributed by atoms with E-state index in [4.69, 9.17) is 4.98 Å². The minimum absolute atomic E-state index is 0.0248. The molecule has 3 heterocycles. The Labute approximate surface area is 183 Å². The van der Waals surface area contributed by atoms with E-state index in [9.17, 15) is 5.11 Å². The van der Waals surface area contributed by atoms with Crippen molar-refractivity contribution in [1.82, 2.24) is 25.1 Å². The number of pyridine rings is 1. The average Bonchev–Trinajstić information content (AvgIpc) is 3.22. The molecule has 1 aromatic carbocycles. The monoisotopic (exact) mass is 421 g/mol. The van der Waals surface area contributed by atoms with Crippen molar-refractivity contribution in [2.75, 3.05) is 29.9 Å². The molecule has 8 heteroatoms. The van der Waals surface area contributed by atoms with Crippen molar-refractivity contribution in [3.63, 3.8) is 0 Å². The molecule has 1 aliphatic rings. The Morgan fingerprint density at radius 1 is 1.23 bits per heavy atom. The molecular weight excluding hydrogens is 390 g/mol. The number of hydrogen-bond acceptors (Lipinski definition) is 7. The van der Waals surface area contributed by atoms with Crippen molar-refractivity contribution in [2.45, 2.75) is 39.3 Å². The van der Waals surface area contributed by atoms with E-state index in [1.807, 2.05) is 56.3 Å². The van der Waals surface area contributed by atoms with E-state index in [0.29, 0.717) is 12.5 Å². The molecule has 0 spiro atoms. The molecular formula is C23H31N7O. The Morgan fingerprint density at radius 2 is 2.00 bits per heavy atom. The number of para-hydroxylation sites is 1. The highest BCUT2D eigenvalue weighted by Crippen LogP contribution is 2.27. The van der Waals surface area contributed by atoms with E-state index in [1.54, 1.807) is 11.0 Å². The molecule has 1 aliphatic heterocycles. The van der Waals surface area contributed by atoms with Crippen molar-refractivity contribution in [3.05, 3.63) is 54.5 Å². The highest BCUT2D eigenvalue weighted by Gasteiger charge is 2.38. The summed E-state index contributed by atoms with van der Waals surface area (Å²) in [5, 5.41) is 22.2. The molecule has 2 aromatic heterocycles. The van der Waals surface area contributed by atoms with E-state index in [0.717, 1.165) is 36.0 Å². The van der Waals surface area contributed by atoms with E-state index in [-0.39, 0.29) is 12.0 Å². The molecule has 8 nitrogen and oxygen atoms in total. The van der Waals surface area contributed by atoms with E-state index < -0.39 is 5.60 Å². The molecule has 0 aliphatic carbocycles. The van der Waals surface area contributed by atoms with Gasteiger partial charge in [-0.2, -0.15) is 4.98 Å². The number of hydrogen-bond donors (Lipinski definition) is 3. The zero-order valence-corrected chi connectivity index (χ0v) is 18.6. The Kier molecular flexibility index (Phi) is 5.93. The summed E-state index contributed by atoms with van der Waals surface area (Å²) in [5.74, 6) is 1.57. The van der Waals surface area contributed by atoms with Crippen molar-refractivity contribution < 1.29 is 5.11 Å². The molecule has 0 radical (unpaired) electrons. The van der Waals surface area contributed by atoms with Crippen LogP contribution in [0.15, 0.2) is 48.8 Å². The molecule has 0 saturated carbocycles. The van der Waals surface area contributed by atoms with Gasteiger partial charge in [0.1, 0.15) is 12.1 Å². The van der Waals surface area contributed by atoms with Crippen LogP contribution in [0.1, 0.15) is 26.5 Å². The zero-order valence-electron chi connectivity index (χ0n) is 18.6. The van der Waals surface area contributed by atoms with Crippen LogP contribution in [0.5, 0.6) is 0 Å². The van der Waals surface area contributed by atoms with Gasteiger partial charge in [-0.25, -0.2) is 9.67 Å². The Bertz CT molecular complexity index is 1020. The summed E-state index contributed by atoms with van der Waals surface area (Å²) in [6, 6.07) is 13.9. The largest absolute Gasteiger partial charge is 0.388 e. The quantitative estimate of drug-likeness (QED) is 0.564. The maximum absolute atomic E-state index is 10.9. The number of nitrogens with one attached hydrogen (secondary N) is 2. The van der Waals surface area contributed by atoms with Gasteiger partial charge < -0.3 is 20.6 Å². The Balaban J connectivity index is 1.52. The van der Waals surface area contributed by atoms with Gasteiger partial charge in [0.25, 0.3) is 0 Å². The Morgan fingerprint density at radius 3 is 2.74 bits per heavy atom. The summed E-state index contributed by atoms with van der Waals surface area (Å²) in [7, 11) is 0. The first-order chi connectivity index (χ1) is 14.8. The Hall–Kier alpha value is -2.97. The predicted octanol–water partition coefficient (Wildman–Crippen LogP) is 2.90. The summed E-state index contributed by atoms with van der Waals surface area (Å²) >= 11 is 0. The van der Waals surface area contributed by atoms with Gasteiger partial charge in [0.05, 0.1) is 17.3 Å². The molecule has 4 rings (SSSR count). The fraction of sp³-hybridized carbons (Fsp3) is 0.435. The highest BCUT2D eigenvalue weighted by atomic mass is 16.3. The van der Waals surface area contributed by atoms with Crippen LogP contribution in [-0.4, -0.2) is 56.1 Å². The molecule has 0 bridgehead atoms. The van der Waals surface area contributed by atoms with Gasteiger partial charge in [0.15, 0.2) is 0 Å². The number of benzene rings is 1. The standard InChI is InChI=1S/C23H31N7O/c1-16(2)23(4,31)20-14-29(11-10-24-20)21-13-18(12-17(3)26-21)27-22-25-15-30(28-22)19-8-6-5-7-9-19/h5-9,12-13,15-16,20,24,31H,10-11,14H2,1-4H3,(H,26,27,28). The van der Waals surface area contributed by atoms with Crippen molar-refractivity contribution in [2.24, 2.45) is 5.92 Å². The first-order valence-corrected chi connectivity index (χ1v) is 10.8. The number of piperazine rings is 1. The lowest BCUT2D eigenvalue weighted by atomic mass is 9.84. The lowest BCUT2D eigenvalue weighted by Crippen LogP contribution is -2.62. The van der Waals surface area contributed by atoms with Crippen LogP contribution in [0, 0.1) is 12.8 Å². The molecule has 2 atom stereocenters. The van der Waals surface area contributed by atoms with Crippen LogP contribution in [0.2, 0.25) is 0 Å². The fourth-order valence-corrected chi connectivity index (χ4v) is 3.79. The normalized spacial score (nSPS) is 18.8. The molecule has 1 saturated heterocycles. The molecule has 1 fully saturated rings. The topological polar surface area (TPSA) is 91.1 Å². The van der Waals surface area contributed by atoms with Crippen LogP contribution in [0.4, 0.5) is 17.5 Å². The SMILES string of the molecule is Cc1cc(Nc2ncn(-c3ccccc3)n2)cc(N2CCNC(C(C)(O)C(C)C)C2)n1. The zero-order chi connectivity index (χ0) is 22.0. The first kappa shape index (κ1) is 21.3. The maximum Gasteiger partial charge on any atom is 0.246 e. The molecule has 164 valence electrons.